The van der Waals surface area contributed by atoms with Crippen LogP contribution in [0, 0.1) is 17.2 Å². The average Bonchev–Trinajstić information content (AvgIpc) is 3.20. The molecule has 1 aromatic carbocycles. The molecule has 28 heavy (non-hydrogen) atoms. The van der Waals surface area contributed by atoms with Crippen LogP contribution in [0.15, 0.2) is 30.3 Å². The van der Waals surface area contributed by atoms with Crippen LogP contribution in [0.3, 0.4) is 0 Å². The average molecular weight is 401 g/mol. The van der Waals surface area contributed by atoms with E-state index >= 15 is 0 Å². The highest BCUT2D eigenvalue weighted by molar-refractivity contribution is 7.13. The van der Waals surface area contributed by atoms with E-state index in [0.717, 1.165) is 37.4 Å². The summed E-state index contributed by atoms with van der Waals surface area (Å²) in [6.07, 6.45) is 2.24. The first kappa shape index (κ1) is 20.2. The normalized spacial score (nSPS) is 17.0. The molecule has 0 aliphatic carbocycles. The molecule has 1 aliphatic heterocycles. The van der Waals surface area contributed by atoms with Gasteiger partial charge in [-0.2, -0.15) is 5.26 Å². The molecule has 0 bridgehead atoms. The van der Waals surface area contributed by atoms with Crippen LogP contribution in [0.5, 0.6) is 11.5 Å². The summed E-state index contributed by atoms with van der Waals surface area (Å²) in [7, 11) is 2.98. The van der Waals surface area contributed by atoms with Gasteiger partial charge in [-0.05, 0) is 43.7 Å². The van der Waals surface area contributed by atoms with Crippen molar-refractivity contribution in [3.05, 3.63) is 45.6 Å². The number of rotatable bonds is 7. The Morgan fingerprint density at radius 2 is 2.14 bits per heavy atom. The summed E-state index contributed by atoms with van der Waals surface area (Å²) in [5.74, 6) is 1.40. The van der Waals surface area contributed by atoms with Gasteiger partial charge in [-0.25, -0.2) is 4.79 Å². The highest BCUT2D eigenvalue weighted by Crippen LogP contribution is 2.29. The predicted molar refractivity (Wildman–Crippen MR) is 107 cm³/mol. The predicted octanol–water partition coefficient (Wildman–Crippen LogP) is 3.71. The van der Waals surface area contributed by atoms with Gasteiger partial charge in [0.25, 0.3) is 0 Å². The topological polar surface area (TPSA) is 71.8 Å². The molecule has 0 spiro atoms. The first-order valence-corrected chi connectivity index (χ1v) is 10.0. The molecule has 0 radical (unpaired) electrons. The monoisotopic (exact) mass is 400 g/mol. The van der Waals surface area contributed by atoms with Crippen LogP contribution in [0.4, 0.5) is 0 Å². The van der Waals surface area contributed by atoms with Gasteiger partial charge in [0.2, 0.25) is 0 Å². The number of nitrogens with zero attached hydrogens (tertiary/aromatic N) is 2. The quantitative estimate of drug-likeness (QED) is 0.660. The fraction of sp³-hybridized carbons (Fsp3) is 0.429. The third kappa shape index (κ3) is 5.03. The Bertz CT molecular complexity index is 858. The van der Waals surface area contributed by atoms with Crippen molar-refractivity contribution in [2.75, 3.05) is 33.9 Å². The Hall–Kier alpha value is -2.56. The molecule has 6 nitrogen and oxygen atoms in total. The Morgan fingerprint density at radius 1 is 1.29 bits per heavy atom. The zero-order valence-electron chi connectivity index (χ0n) is 16.1. The van der Waals surface area contributed by atoms with Crippen LogP contribution in [0.25, 0.3) is 0 Å². The van der Waals surface area contributed by atoms with Gasteiger partial charge in [0, 0.05) is 30.0 Å². The fourth-order valence-corrected chi connectivity index (χ4v) is 4.36. The van der Waals surface area contributed by atoms with Crippen molar-refractivity contribution in [3.63, 3.8) is 0 Å². The molecular weight excluding hydrogens is 376 g/mol. The number of nitriles is 1. The number of esters is 1. The first-order chi connectivity index (χ1) is 13.6. The second-order valence-electron chi connectivity index (χ2n) is 6.79. The molecule has 1 atom stereocenters. The maximum atomic E-state index is 11.6. The van der Waals surface area contributed by atoms with E-state index in [9.17, 15) is 4.79 Å². The number of hydrogen-bond donors (Lipinski definition) is 0. The number of ether oxygens (including phenoxy) is 3. The van der Waals surface area contributed by atoms with Crippen LogP contribution < -0.4 is 9.47 Å². The fourth-order valence-electron chi connectivity index (χ4n) is 3.39. The lowest BCUT2D eigenvalue weighted by atomic mass is 9.99. The minimum Gasteiger partial charge on any atom is -0.493 e. The van der Waals surface area contributed by atoms with Crippen LogP contribution in [0.2, 0.25) is 0 Å². The highest BCUT2D eigenvalue weighted by Gasteiger charge is 2.22. The smallest absolute Gasteiger partial charge is 0.348 e. The van der Waals surface area contributed by atoms with Crippen molar-refractivity contribution >= 4 is 17.3 Å². The van der Waals surface area contributed by atoms with Crippen LogP contribution in [-0.2, 0) is 11.3 Å². The summed E-state index contributed by atoms with van der Waals surface area (Å²) in [4.78, 5) is 15.8. The van der Waals surface area contributed by atoms with E-state index in [1.54, 1.807) is 25.3 Å². The summed E-state index contributed by atoms with van der Waals surface area (Å²) in [6, 6.07) is 11.2. The van der Waals surface area contributed by atoms with E-state index in [1.807, 2.05) is 12.1 Å². The zero-order chi connectivity index (χ0) is 19.9. The minimum atomic E-state index is -0.280. The van der Waals surface area contributed by atoms with Gasteiger partial charge in [0.1, 0.15) is 4.88 Å². The first-order valence-electron chi connectivity index (χ1n) is 9.23. The Kier molecular flexibility index (Phi) is 6.90. The lowest BCUT2D eigenvalue weighted by molar-refractivity contribution is 0.0606. The largest absolute Gasteiger partial charge is 0.493 e. The third-order valence-electron chi connectivity index (χ3n) is 4.80. The SMILES string of the molecule is COC(=O)c1ccc(CN2CCCC(COc3ccc(C#N)cc3OC)C2)s1. The summed E-state index contributed by atoms with van der Waals surface area (Å²) < 4.78 is 16.1. The van der Waals surface area contributed by atoms with E-state index in [0.29, 0.717) is 34.5 Å². The number of carbonyl (C=O) groups excluding carboxylic acids is 1. The third-order valence-corrected chi connectivity index (χ3v) is 5.85. The van der Waals surface area contributed by atoms with E-state index < -0.39 is 0 Å². The zero-order valence-corrected chi connectivity index (χ0v) is 17.0. The standard InChI is InChI=1S/C21H24N2O4S/c1-25-19-10-15(11-22)5-7-18(19)27-14-16-4-3-9-23(12-16)13-17-6-8-20(28-17)21(24)26-2/h5-8,10,16H,3-4,9,12-14H2,1-2H3. The summed E-state index contributed by atoms with van der Waals surface area (Å²) in [5, 5.41) is 9.00. The summed E-state index contributed by atoms with van der Waals surface area (Å²) >= 11 is 1.49. The maximum Gasteiger partial charge on any atom is 0.348 e. The van der Waals surface area contributed by atoms with Crippen molar-refractivity contribution in [2.24, 2.45) is 5.92 Å². The molecule has 3 rings (SSSR count). The van der Waals surface area contributed by atoms with Crippen molar-refractivity contribution in [2.45, 2.75) is 19.4 Å². The Balaban J connectivity index is 1.55. The number of piperidine rings is 1. The molecule has 2 aromatic rings. The van der Waals surface area contributed by atoms with Crippen molar-refractivity contribution in [1.29, 1.82) is 5.26 Å². The number of methoxy groups -OCH3 is 2. The molecule has 7 heteroatoms. The summed E-state index contributed by atoms with van der Waals surface area (Å²) in [5.41, 5.74) is 0.551. The van der Waals surface area contributed by atoms with Crippen molar-refractivity contribution in [1.82, 2.24) is 4.90 Å². The van der Waals surface area contributed by atoms with Gasteiger partial charge < -0.3 is 14.2 Å². The lowest BCUT2D eigenvalue weighted by Crippen LogP contribution is -2.37. The Labute approximate surface area is 169 Å². The van der Waals surface area contributed by atoms with Gasteiger partial charge in [0.05, 0.1) is 32.5 Å². The van der Waals surface area contributed by atoms with Gasteiger partial charge in [-0.3, -0.25) is 4.90 Å². The van der Waals surface area contributed by atoms with Gasteiger partial charge in [-0.15, -0.1) is 11.3 Å². The molecule has 0 N–H and O–H groups in total. The second-order valence-corrected chi connectivity index (χ2v) is 7.96. The van der Waals surface area contributed by atoms with Crippen LogP contribution >= 0.6 is 11.3 Å². The summed E-state index contributed by atoms with van der Waals surface area (Å²) in [6.45, 7) is 3.43. The molecule has 0 amide bonds. The molecule has 1 saturated heterocycles. The van der Waals surface area contributed by atoms with Crippen molar-refractivity contribution < 1.29 is 19.0 Å². The molecule has 1 fully saturated rings. The molecule has 1 unspecified atom stereocenters. The number of hydrogen-bond acceptors (Lipinski definition) is 7. The highest BCUT2D eigenvalue weighted by atomic mass is 32.1. The molecule has 2 heterocycles. The maximum absolute atomic E-state index is 11.6. The molecular formula is C21H24N2O4S. The minimum absolute atomic E-state index is 0.280. The number of likely N-dealkylation sites (tertiary alicyclic amines) is 1. The molecule has 1 aliphatic rings. The van der Waals surface area contributed by atoms with E-state index in [4.69, 9.17) is 19.5 Å². The second kappa shape index (κ2) is 9.58. The molecule has 1 aromatic heterocycles. The van der Waals surface area contributed by atoms with Crippen LogP contribution in [0.1, 0.15) is 33.0 Å². The van der Waals surface area contributed by atoms with Crippen LogP contribution in [-0.4, -0.2) is 44.8 Å². The number of carbonyl (C=O) groups is 1. The lowest BCUT2D eigenvalue weighted by Gasteiger charge is -2.32. The molecule has 148 valence electrons. The van der Waals surface area contributed by atoms with E-state index in [2.05, 4.69) is 11.0 Å². The van der Waals surface area contributed by atoms with E-state index in [1.165, 1.54) is 18.4 Å². The van der Waals surface area contributed by atoms with Crippen molar-refractivity contribution in [3.8, 4) is 17.6 Å². The van der Waals surface area contributed by atoms with E-state index in [-0.39, 0.29) is 5.97 Å². The number of benzene rings is 1. The van der Waals surface area contributed by atoms with Gasteiger partial charge in [0.15, 0.2) is 11.5 Å². The van der Waals surface area contributed by atoms with Gasteiger partial charge in [-0.1, -0.05) is 0 Å². The van der Waals surface area contributed by atoms with Gasteiger partial charge >= 0.3 is 5.97 Å². The number of thiophene rings is 1. The molecule has 0 saturated carbocycles. The Morgan fingerprint density at radius 3 is 2.89 bits per heavy atom.